The van der Waals surface area contributed by atoms with Crippen LogP contribution in [0.15, 0.2) is 47.4 Å². The molecule has 2 aromatic rings. The molecule has 1 aliphatic rings. The predicted octanol–water partition coefficient (Wildman–Crippen LogP) is 3.62. The van der Waals surface area contributed by atoms with Gasteiger partial charge in [0, 0.05) is 11.3 Å². The minimum Gasteiger partial charge on any atom is -0.494 e. The molecule has 0 aromatic heterocycles. The SMILES string of the molecule is CCOc1ccc(NC(=O)CN2C(=O)S/C(=C\c3cccc(OCC)c3OCC(=O)O)C2=O)cc1. The maximum atomic E-state index is 12.9. The lowest BCUT2D eigenvalue weighted by atomic mass is 10.1. The Labute approximate surface area is 205 Å². The molecule has 3 amide bonds. The first kappa shape index (κ1) is 25.6. The first-order valence-electron chi connectivity index (χ1n) is 10.7. The Hall–Kier alpha value is -3.99. The summed E-state index contributed by atoms with van der Waals surface area (Å²) in [6, 6.07) is 11.6. The van der Waals surface area contributed by atoms with Crippen molar-refractivity contribution in [1.82, 2.24) is 4.90 Å². The number of ether oxygens (including phenoxy) is 3. The fraction of sp³-hybridized carbons (Fsp3) is 0.250. The third kappa shape index (κ3) is 6.76. The first-order chi connectivity index (χ1) is 16.8. The van der Waals surface area contributed by atoms with Crippen LogP contribution in [0, 0.1) is 0 Å². The van der Waals surface area contributed by atoms with Gasteiger partial charge in [-0.2, -0.15) is 0 Å². The van der Waals surface area contributed by atoms with Crippen molar-refractivity contribution in [2.75, 3.05) is 31.7 Å². The lowest BCUT2D eigenvalue weighted by Crippen LogP contribution is -2.36. The maximum absolute atomic E-state index is 12.9. The van der Waals surface area contributed by atoms with Gasteiger partial charge in [0.15, 0.2) is 18.1 Å². The Kier molecular flexibility index (Phi) is 8.74. The number of carbonyl (C=O) groups is 4. The second kappa shape index (κ2) is 11.9. The fourth-order valence-electron chi connectivity index (χ4n) is 3.13. The van der Waals surface area contributed by atoms with Crippen LogP contribution >= 0.6 is 11.8 Å². The number of imide groups is 1. The minimum absolute atomic E-state index is 0.0673. The number of para-hydroxylation sites is 1. The van der Waals surface area contributed by atoms with E-state index in [0.29, 0.717) is 47.7 Å². The smallest absolute Gasteiger partial charge is 0.341 e. The maximum Gasteiger partial charge on any atom is 0.341 e. The molecule has 0 unspecified atom stereocenters. The number of benzene rings is 2. The number of hydrogen-bond donors (Lipinski definition) is 2. The van der Waals surface area contributed by atoms with Crippen LogP contribution in [0.25, 0.3) is 6.08 Å². The van der Waals surface area contributed by atoms with E-state index in [0.717, 1.165) is 4.90 Å². The number of hydrogen-bond acceptors (Lipinski definition) is 8. The van der Waals surface area contributed by atoms with Crippen LogP contribution in [0.3, 0.4) is 0 Å². The van der Waals surface area contributed by atoms with Gasteiger partial charge in [0.1, 0.15) is 12.3 Å². The Bertz CT molecular complexity index is 1150. The average Bonchev–Trinajstić information content (AvgIpc) is 3.07. The van der Waals surface area contributed by atoms with Crippen LogP contribution in [0.4, 0.5) is 10.5 Å². The van der Waals surface area contributed by atoms with Crippen molar-refractivity contribution in [2.45, 2.75) is 13.8 Å². The van der Waals surface area contributed by atoms with Gasteiger partial charge in [0.2, 0.25) is 5.91 Å². The molecular formula is C24H24N2O8S. The normalized spacial score (nSPS) is 14.2. The molecule has 3 rings (SSSR count). The second-order valence-corrected chi connectivity index (χ2v) is 8.06. The largest absolute Gasteiger partial charge is 0.494 e. The van der Waals surface area contributed by atoms with E-state index in [1.54, 1.807) is 49.4 Å². The summed E-state index contributed by atoms with van der Waals surface area (Å²) in [7, 11) is 0. The summed E-state index contributed by atoms with van der Waals surface area (Å²) in [5, 5.41) is 11.0. The van der Waals surface area contributed by atoms with Crippen molar-refractivity contribution < 1.29 is 38.5 Å². The van der Waals surface area contributed by atoms with Crippen LogP contribution in [0.1, 0.15) is 19.4 Å². The Morgan fingerprint density at radius 3 is 2.40 bits per heavy atom. The number of nitrogens with one attached hydrogen (secondary N) is 1. The van der Waals surface area contributed by atoms with Crippen LogP contribution in [-0.2, 0) is 14.4 Å². The van der Waals surface area contributed by atoms with Crippen molar-refractivity contribution in [3.05, 3.63) is 52.9 Å². The van der Waals surface area contributed by atoms with Gasteiger partial charge in [-0.3, -0.25) is 19.3 Å². The molecular weight excluding hydrogens is 476 g/mol. The van der Waals surface area contributed by atoms with Crippen LogP contribution in [0.5, 0.6) is 17.2 Å². The van der Waals surface area contributed by atoms with Crippen LogP contribution in [-0.4, -0.2) is 59.4 Å². The molecule has 10 nitrogen and oxygen atoms in total. The minimum atomic E-state index is -1.18. The zero-order valence-electron chi connectivity index (χ0n) is 19.1. The predicted molar refractivity (Wildman–Crippen MR) is 130 cm³/mol. The first-order valence-corrected chi connectivity index (χ1v) is 11.5. The molecule has 0 aliphatic carbocycles. The highest BCUT2D eigenvalue weighted by molar-refractivity contribution is 8.18. The van der Waals surface area contributed by atoms with Gasteiger partial charge >= 0.3 is 5.97 Å². The van der Waals surface area contributed by atoms with Gasteiger partial charge in [-0.05, 0) is 62.0 Å². The summed E-state index contributed by atoms with van der Waals surface area (Å²) < 4.78 is 16.2. The molecule has 1 heterocycles. The quantitative estimate of drug-likeness (QED) is 0.444. The molecule has 2 N–H and O–H groups in total. The number of amides is 3. The summed E-state index contributed by atoms with van der Waals surface area (Å²) in [5.41, 5.74) is 0.857. The van der Waals surface area contributed by atoms with E-state index >= 15 is 0 Å². The third-order valence-electron chi connectivity index (χ3n) is 4.56. The number of nitrogens with zero attached hydrogens (tertiary/aromatic N) is 1. The zero-order valence-corrected chi connectivity index (χ0v) is 19.9. The van der Waals surface area contributed by atoms with E-state index in [1.807, 2.05) is 6.92 Å². The van der Waals surface area contributed by atoms with Gasteiger partial charge in [0.25, 0.3) is 11.1 Å². The number of rotatable bonds is 11. The molecule has 0 radical (unpaired) electrons. The number of carbonyl (C=O) groups excluding carboxylic acids is 3. The highest BCUT2D eigenvalue weighted by Crippen LogP contribution is 2.37. The molecule has 184 valence electrons. The third-order valence-corrected chi connectivity index (χ3v) is 5.47. The van der Waals surface area contributed by atoms with E-state index in [2.05, 4.69) is 5.32 Å². The van der Waals surface area contributed by atoms with Gasteiger partial charge in [-0.25, -0.2) is 4.79 Å². The number of aliphatic carboxylic acids is 1. The van der Waals surface area contributed by atoms with Gasteiger partial charge in [-0.15, -0.1) is 0 Å². The monoisotopic (exact) mass is 500 g/mol. The van der Waals surface area contributed by atoms with Crippen molar-refractivity contribution in [2.24, 2.45) is 0 Å². The van der Waals surface area contributed by atoms with Crippen LogP contribution < -0.4 is 19.5 Å². The molecule has 1 saturated heterocycles. The van der Waals surface area contributed by atoms with E-state index in [1.165, 1.54) is 6.08 Å². The molecule has 0 spiro atoms. The molecule has 1 fully saturated rings. The lowest BCUT2D eigenvalue weighted by Gasteiger charge is -2.14. The fourth-order valence-corrected chi connectivity index (χ4v) is 3.96. The van der Waals surface area contributed by atoms with E-state index in [-0.39, 0.29) is 10.7 Å². The summed E-state index contributed by atoms with van der Waals surface area (Å²) in [6.45, 7) is 3.38. The van der Waals surface area contributed by atoms with E-state index in [9.17, 15) is 19.2 Å². The molecule has 0 atom stereocenters. The molecule has 35 heavy (non-hydrogen) atoms. The second-order valence-electron chi connectivity index (χ2n) is 7.06. The Morgan fingerprint density at radius 2 is 1.74 bits per heavy atom. The van der Waals surface area contributed by atoms with Gasteiger partial charge < -0.3 is 24.6 Å². The van der Waals surface area contributed by atoms with Gasteiger partial charge in [0.05, 0.1) is 18.1 Å². The van der Waals surface area contributed by atoms with E-state index in [4.69, 9.17) is 19.3 Å². The molecule has 11 heteroatoms. The molecule has 0 bridgehead atoms. The van der Waals surface area contributed by atoms with Crippen molar-refractivity contribution in [3.8, 4) is 17.2 Å². The van der Waals surface area contributed by atoms with Crippen molar-refractivity contribution in [1.29, 1.82) is 0 Å². The lowest BCUT2D eigenvalue weighted by molar-refractivity contribution is -0.139. The highest BCUT2D eigenvalue weighted by Gasteiger charge is 2.36. The Balaban J connectivity index is 1.74. The number of carboxylic acid groups (broad SMARTS) is 1. The topological polar surface area (TPSA) is 131 Å². The molecule has 1 aliphatic heterocycles. The summed E-state index contributed by atoms with van der Waals surface area (Å²) in [5.74, 6) is -1.27. The Morgan fingerprint density at radius 1 is 1.03 bits per heavy atom. The van der Waals surface area contributed by atoms with Crippen molar-refractivity contribution >= 4 is 46.5 Å². The summed E-state index contributed by atoms with van der Waals surface area (Å²) in [6.07, 6.45) is 1.41. The van der Waals surface area contributed by atoms with Gasteiger partial charge in [-0.1, -0.05) is 12.1 Å². The van der Waals surface area contributed by atoms with E-state index < -0.39 is 36.2 Å². The summed E-state index contributed by atoms with van der Waals surface area (Å²) in [4.78, 5) is 49.7. The summed E-state index contributed by atoms with van der Waals surface area (Å²) >= 11 is 0.674. The zero-order chi connectivity index (χ0) is 25.4. The van der Waals surface area contributed by atoms with Crippen LogP contribution in [0.2, 0.25) is 0 Å². The standard InChI is InChI=1S/C24H24N2O8S/c1-3-32-17-10-8-16(9-11-17)25-20(27)13-26-23(30)19(35-24(26)31)12-15-6-5-7-18(33-4-2)22(15)34-14-21(28)29/h5-12H,3-4,13-14H2,1-2H3,(H,25,27)(H,28,29)/b19-12-. The van der Waals surface area contributed by atoms with Crippen molar-refractivity contribution in [3.63, 3.8) is 0 Å². The number of thioether (sulfide) groups is 1. The highest BCUT2D eigenvalue weighted by atomic mass is 32.2. The number of anilines is 1. The molecule has 0 saturated carbocycles. The average molecular weight is 501 g/mol. The number of carboxylic acids is 1. The molecule has 2 aromatic carbocycles.